The topological polar surface area (TPSA) is 99.5 Å². The third-order valence-electron chi connectivity index (χ3n) is 4.77. The smallest absolute Gasteiger partial charge is 0.359 e. The Morgan fingerprint density at radius 3 is 2.45 bits per heavy atom. The van der Waals surface area contributed by atoms with Crippen LogP contribution < -0.4 is 15.6 Å². The molecule has 8 nitrogen and oxygen atoms in total. The van der Waals surface area contributed by atoms with Crippen molar-refractivity contribution in [3.63, 3.8) is 0 Å². The van der Waals surface area contributed by atoms with Gasteiger partial charge in [-0.1, -0.05) is 0 Å². The number of aromatic nitrogens is 2. The van der Waals surface area contributed by atoms with E-state index in [0.717, 1.165) is 16.0 Å². The molecule has 4 rings (SSSR count). The number of amides is 1. The Balaban J connectivity index is 1.86. The number of thiophene rings is 1. The van der Waals surface area contributed by atoms with Crippen molar-refractivity contribution in [3.05, 3.63) is 81.3 Å². The van der Waals surface area contributed by atoms with Crippen LogP contribution in [0.25, 0.3) is 16.5 Å². The summed E-state index contributed by atoms with van der Waals surface area (Å²) in [5.41, 5.74) is 0.0306. The van der Waals surface area contributed by atoms with E-state index in [1.807, 2.05) is 0 Å². The average molecular weight is 467 g/mol. The second-order valence-corrected chi connectivity index (χ2v) is 7.68. The lowest BCUT2D eigenvalue weighted by atomic mass is 10.2. The highest BCUT2D eigenvalue weighted by Crippen LogP contribution is 2.31. The molecule has 0 aliphatic heterocycles. The molecule has 0 atom stereocenters. The van der Waals surface area contributed by atoms with Gasteiger partial charge in [-0.3, -0.25) is 9.59 Å². The highest BCUT2D eigenvalue weighted by Gasteiger charge is 2.23. The zero-order valence-electron chi connectivity index (χ0n) is 17.6. The van der Waals surface area contributed by atoms with E-state index in [2.05, 4.69) is 10.4 Å². The summed E-state index contributed by atoms with van der Waals surface area (Å²) in [6.07, 6.45) is 0. The first-order valence-corrected chi connectivity index (χ1v) is 10.7. The van der Waals surface area contributed by atoms with Gasteiger partial charge in [0.1, 0.15) is 16.6 Å². The van der Waals surface area contributed by atoms with Crippen LogP contribution in [0.3, 0.4) is 0 Å². The van der Waals surface area contributed by atoms with Crippen molar-refractivity contribution in [3.8, 4) is 11.4 Å². The van der Waals surface area contributed by atoms with Crippen molar-refractivity contribution < 1.29 is 23.5 Å². The number of rotatable bonds is 6. The number of ether oxygens (including phenoxy) is 2. The standard InChI is InChI=1S/C23H18FN3O5S/c1-3-32-23(30)19-17-12-33-21(25-20(28)13-4-6-14(24)7-5-13)18(17)22(29)27(26-19)15-8-10-16(31-2)11-9-15/h4-12H,3H2,1-2H3,(H,25,28). The molecule has 2 heterocycles. The predicted octanol–water partition coefficient (Wildman–Crippen LogP) is 4.02. The number of methoxy groups -OCH3 is 1. The number of esters is 1. The Kier molecular flexibility index (Phi) is 6.18. The molecule has 2 aromatic heterocycles. The Hall–Kier alpha value is -4.05. The summed E-state index contributed by atoms with van der Waals surface area (Å²) >= 11 is 1.08. The Morgan fingerprint density at radius 2 is 1.82 bits per heavy atom. The lowest BCUT2D eigenvalue weighted by molar-refractivity contribution is 0.0520. The largest absolute Gasteiger partial charge is 0.497 e. The van der Waals surface area contributed by atoms with E-state index in [4.69, 9.17) is 9.47 Å². The third-order valence-corrected chi connectivity index (χ3v) is 5.67. The number of hydrogen-bond acceptors (Lipinski definition) is 7. The van der Waals surface area contributed by atoms with Crippen LogP contribution in [0.2, 0.25) is 0 Å². The van der Waals surface area contributed by atoms with Crippen molar-refractivity contribution in [1.29, 1.82) is 0 Å². The fourth-order valence-electron chi connectivity index (χ4n) is 3.17. The lowest BCUT2D eigenvalue weighted by Gasteiger charge is -2.10. The van der Waals surface area contributed by atoms with Crippen molar-refractivity contribution in [2.75, 3.05) is 19.0 Å². The van der Waals surface area contributed by atoms with Crippen LogP contribution in [-0.4, -0.2) is 35.4 Å². The minimum atomic E-state index is -0.695. The first-order chi connectivity index (χ1) is 15.9. The Morgan fingerprint density at radius 1 is 1.12 bits per heavy atom. The second kappa shape index (κ2) is 9.21. The van der Waals surface area contributed by atoms with Crippen molar-refractivity contribution >= 4 is 39.0 Å². The first-order valence-electron chi connectivity index (χ1n) is 9.86. The fourth-order valence-corrected chi connectivity index (χ4v) is 4.10. The van der Waals surface area contributed by atoms with E-state index in [1.165, 1.54) is 31.4 Å². The number of anilines is 1. The van der Waals surface area contributed by atoms with E-state index in [9.17, 15) is 18.8 Å². The zero-order valence-corrected chi connectivity index (χ0v) is 18.4. The molecule has 0 spiro atoms. The molecule has 0 saturated heterocycles. The second-order valence-electron chi connectivity index (χ2n) is 6.80. The summed E-state index contributed by atoms with van der Waals surface area (Å²) in [7, 11) is 1.52. The molecule has 0 radical (unpaired) electrons. The van der Waals surface area contributed by atoms with Crippen molar-refractivity contribution in [2.45, 2.75) is 6.92 Å². The minimum Gasteiger partial charge on any atom is -0.497 e. The van der Waals surface area contributed by atoms with Crippen LogP contribution in [0.15, 0.2) is 58.7 Å². The zero-order chi connectivity index (χ0) is 23.5. The van der Waals surface area contributed by atoms with Gasteiger partial charge in [-0.15, -0.1) is 11.3 Å². The maximum absolute atomic E-state index is 13.4. The van der Waals surface area contributed by atoms with Gasteiger partial charge in [-0.05, 0) is 55.5 Å². The van der Waals surface area contributed by atoms with Crippen LogP contribution >= 0.6 is 11.3 Å². The van der Waals surface area contributed by atoms with Crippen molar-refractivity contribution in [1.82, 2.24) is 9.78 Å². The molecule has 4 aromatic rings. The summed E-state index contributed by atoms with van der Waals surface area (Å²) in [6.45, 7) is 1.79. The number of nitrogens with zero attached hydrogens (tertiary/aromatic N) is 2. The maximum Gasteiger partial charge on any atom is 0.359 e. The van der Waals surface area contributed by atoms with Gasteiger partial charge < -0.3 is 14.8 Å². The van der Waals surface area contributed by atoms with E-state index < -0.39 is 23.3 Å². The Bertz CT molecular complexity index is 1390. The third kappa shape index (κ3) is 4.33. The molecule has 2 aromatic carbocycles. The maximum atomic E-state index is 13.4. The quantitative estimate of drug-likeness (QED) is 0.430. The van der Waals surface area contributed by atoms with Crippen LogP contribution in [0, 0.1) is 5.82 Å². The van der Waals surface area contributed by atoms with Crippen LogP contribution in [0.5, 0.6) is 5.75 Å². The van der Waals surface area contributed by atoms with Gasteiger partial charge in [0.25, 0.3) is 11.5 Å². The number of benzene rings is 2. The molecular weight excluding hydrogens is 449 g/mol. The van der Waals surface area contributed by atoms with Gasteiger partial charge in [0.2, 0.25) is 0 Å². The number of hydrogen-bond donors (Lipinski definition) is 1. The van der Waals surface area contributed by atoms with Gasteiger partial charge in [-0.25, -0.2) is 9.18 Å². The van der Waals surface area contributed by atoms with Gasteiger partial charge in [0, 0.05) is 16.3 Å². The summed E-state index contributed by atoms with van der Waals surface area (Å²) in [5, 5.41) is 9.11. The highest BCUT2D eigenvalue weighted by atomic mass is 32.1. The predicted molar refractivity (Wildman–Crippen MR) is 122 cm³/mol. The summed E-state index contributed by atoms with van der Waals surface area (Å²) in [6, 6.07) is 11.6. The van der Waals surface area contributed by atoms with Gasteiger partial charge in [0.05, 0.1) is 24.8 Å². The van der Waals surface area contributed by atoms with Crippen LogP contribution in [0.4, 0.5) is 9.39 Å². The molecule has 0 aliphatic carbocycles. The minimum absolute atomic E-state index is 0.0548. The van der Waals surface area contributed by atoms with E-state index in [1.54, 1.807) is 36.6 Å². The molecule has 33 heavy (non-hydrogen) atoms. The molecule has 0 fully saturated rings. The monoisotopic (exact) mass is 467 g/mol. The van der Waals surface area contributed by atoms with E-state index in [-0.39, 0.29) is 33.6 Å². The summed E-state index contributed by atoms with van der Waals surface area (Å²) in [5.74, 6) is -1.11. The lowest BCUT2D eigenvalue weighted by Crippen LogP contribution is -2.25. The van der Waals surface area contributed by atoms with E-state index in [0.29, 0.717) is 11.4 Å². The summed E-state index contributed by atoms with van der Waals surface area (Å²) in [4.78, 5) is 38.7. The number of nitrogens with one attached hydrogen (secondary N) is 1. The molecular formula is C23H18FN3O5S. The van der Waals surface area contributed by atoms with Gasteiger partial charge in [-0.2, -0.15) is 9.78 Å². The molecule has 1 amide bonds. The number of fused-ring (bicyclic) bond motifs is 1. The molecule has 10 heteroatoms. The number of halogens is 1. The summed E-state index contributed by atoms with van der Waals surface area (Å²) < 4.78 is 24.5. The SMILES string of the molecule is CCOC(=O)c1nn(-c2ccc(OC)cc2)c(=O)c2c(NC(=O)c3ccc(F)cc3)scc12. The van der Waals surface area contributed by atoms with Gasteiger partial charge in [0.15, 0.2) is 5.69 Å². The number of carbonyl (C=O) groups excluding carboxylic acids is 2. The van der Waals surface area contributed by atoms with Gasteiger partial charge >= 0.3 is 5.97 Å². The van der Waals surface area contributed by atoms with Crippen LogP contribution in [-0.2, 0) is 4.74 Å². The molecule has 0 aliphatic rings. The van der Waals surface area contributed by atoms with Crippen molar-refractivity contribution in [2.24, 2.45) is 0 Å². The Labute approximate surface area is 191 Å². The van der Waals surface area contributed by atoms with Crippen LogP contribution in [0.1, 0.15) is 27.8 Å². The molecule has 0 unspecified atom stereocenters. The van der Waals surface area contributed by atoms with E-state index >= 15 is 0 Å². The average Bonchev–Trinajstić information content (AvgIpc) is 3.24. The normalized spacial score (nSPS) is 10.8. The molecule has 0 saturated carbocycles. The molecule has 0 bridgehead atoms. The highest BCUT2D eigenvalue weighted by molar-refractivity contribution is 7.16. The number of carbonyl (C=O) groups is 2. The molecule has 168 valence electrons. The fraction of sp³-hybridized carbons (Fsp3) is 0.130. The first kappa shape index (κ1) is 22.2. The molecule has 1 N–H and O–H groups in total.